The van der Waals surface area contributed by atoms with E-state index in [1.807, 2.05) is 6.07 Å². The van der Waals surface area contributed by atoms with Crippen molar-refractivity contribution >= 4 is 10.9 Å². The van der Waals surface area contributed by atoms with Crippen LogP contribution in [-0.4, -0.2) is 9.78 Å². The molecule has 2 aromatic rings. The minimum atomic E-state index is -0.218. The second-order valence-electron chi connectivity index (χ2n) is 3.12. The lowest BCUT2D eigenvalue weighted by Crippen LogP contribution is -1.99. The predicted octanol–water partition coefficient (Wildman–Crippen LogP) is 2.75. The molecular formula is C11H11FN2. The van der Waals surface area contributed by atoms with Crippen LogP contribution in [0.15, 0.2) is 37.1 Å². The van der Waals surface area contributed by atoms with Gasteiger partial charge in [0.1, 0.15) is 11.3 Å². The summed E-state index contributed by atoms with van der Waals surface area (Å²) in [5.41, 5.74) is 0.578. The fourth-order valence-electron chi connectivity index (χ4n) is 1.48. The summed E-state index contributed by atoms with van der Waals surface area (Å²) in [6, 6.07) is 5.00. The van der Waals surface area contributed by atoms with Crippen LogP contribution >= 0.6 is 0 Å². The molecule has 1 aromatic heterocycles. The summed E-state index contributed by atoms with van der Waals surface area (Å²) >= 11 is 0. The average Bonchev–Trinajstić information content (AvgIpc) is 2.59. The Labute approximate surface area is 81.7 Å². The number of benzene rings is 1. The van der Waals surface area contributed by atoms with Gasteiger partial charge in [-0.2, -0.15) is 5.10 Å². The lowest BCUT2D eigenvalue weighted by atomic mass is 10.2. The zero-order valence-electron chi connectivity index (χ0n) is 7.78. The van der Waals surface area contributed by atoms with Crippen LogP contribution in [0.4, 0.5) is 4.39 Å². The number of allylic oxidation sites excluding steroid dienone is 1. The van der Waals surface area contributed by atoms with Crippen LogP contribution in [-0.2, 0) is 6.54 Å². The quantitative estimate of drug-likeness (QED) is 0.680. The van der Waals surface area contributed by atoms with Gasteiger partial charge in [0.25, 0.3) is 0 Å². The minimum absolute atomic E-state index is 0.218. The van der Waals surface area contributed by atoms with Gasteiger partial charge in [0.15, 0.2) is 0 Å². The summed E-state index contributed by atoms with van der Waals surface area (Å²) in [5, 5.41) is 4.96. The fourth-order valence-corrected chi connectivity index (χ4v) is 1.48. The van der Waals surface area contributed by atoms with Crippen LogP contribution in [0.1, 0.15) is 6.42 Å². The Morgan fingerprint density at radius 3 is 3.14 bits per heavy atom. The van der Waals surface area contributed by atoms with Crippen molar-refractivity contribution in [3.8, 4) is 0 Å². The van der Waals surface area contributed by atoms with E-state index in [1.54, 1.807) is 23.0 Å². The molecule has 0 aliphatic carbocycles. The van der Waals surface area contributed by atoms with Crippen LogP contribution in [0, 0.1) is 5.82 Å². The maximum Gasteiger partial charge on any atom is 0.149 e. The van der Waals surface area contributed by atoms with Crippen molar-refractivity contribution in [1.82, 2.24) is 9.78 Å². The van der Waals surface area contributed by atoms with Gasteiger partial charge in [0.2, 0.25) is 0 Å². The average molecular weight is 190 g/mol. The summed E-state index contributed by atoms with van der Waals surface area (Å²) in [4.78, 5) is 0. The second-order valence-corrected chi connectivity index (χ2v) is 3.12. The van der Waals surface area contributed by atoms with E-state index in [1.165, 1.54) is 6.07 Å². The molecule has 14 heavy (non-hydrogen) atoms. The van der Waals surface area contributed by atoms with E-state index < -0.39 is 0 Å². The zero-order chi connectivity index (χ0) is 9.97. The summed E-state index contributed by atoms with van der Waals surface area (Å²) in [7, 11) is 0. The molecule has 0 amide bonds. The molecule has 3 heteroatoms. The number of para-hydroxylation sites is 1. The number of fused-ring (bicyclic) bond motifs is 1. The van der Waals surface area contributed by atoms with E-state index in [0.29, 0.717) is 12.1 Å². The number of aryl methyl sites for hydroxylation is 1. The standard InChI is InChI=1S/C11H11FN2/c1-2-3-7-14-11-9(8-13-14)5-4-6-10(11)12/h2,4-6,8H,1,3,7H2. The third-order valence-corrected chi connectivity index (χ3v) is 2.16. The van der Waals surface area contributed by atoms with Crippen molar-refractivity contribution < 1.29 is 4.39 Å². The molecule has 0 bridgehead atoms. The van der Waals surface area contributed by atoms with Crippen molar-refractivity contribution in [3.05, 3.63) is 42.9 Å². The lowest BCUT2D eigenvalue weighted by Gasteiger charge is -2.01. The molecule has 2 nitrogen and oxygen atoms in total. The van der Waals surface area contributed by atoms with Gasteiger partial charge >= 0.3 is 0 Å². The predicted molar refractivity (Wildman–Crippen MR) is 54.5 cm³/mol. The fraction of sp³-hybridized carbons (Fsp3) is 0.182. The Hall–Kier alpha value is -1.64. The molecule has 0 N–H and O–H groups in total. The Bertz CT molecular complexity index is 459. The Morgan fingerprint density at radius 1 is 1.50 bits per heavy atom. The largest absolute Gasteiger partial charge is 0.262 e. The molecule has 72 valence electrons. The molecule has 1 aromatic carbocycles. The van der Waals surface area contributed by atoms with E-state index in [2.05, 4.69) is 11.7 Å². The first kappa shape index (κ1) is 8.94. The molecule has 0 fully saturated rings. The molecule has 2 rings (SSSR count). The summed E-state index contributed by atoms with van der Waals surface area (Å²) in [6.07, 6.45) is 4.28. The first-order valence-electron chi connectivity index (χ1n) is 4.54. The molecule has 0 aliphatic heterocycles. The van der Waals surface area contributed by atoms with Crippen molar-refractivity contribution in [2.75, 3.05) is 0 Å². The van der Waals surface area contributed by atoms with Crippen LogP contribution in [0.5, 0.6) is 0 Å². The number of aromatic nitrogens is 2. The van der Waals surface area contributed by atoms with Crippen molar-refractivity contribution in [2.45, 2.75) is 13.0 Å². The van der Waals surface area contributed by atoms with Crippen molar-refractivity contribution in [3.63, 3.8) is 0 Å². The first-order valence-corrected chi connectivity index (χ1v) is 4.54. The number of hydrogen-bond donors (Lipinski definition) is 0. The highest BCUT2D eigenvalue weighted by molar-refractivity contribution is 5.78. The van der Waals surface area contributed by atoms with Gasteiger partial charge in [-0.3, -0.25) is 4.68 Å². The van der Waals surface area contributed by atoms with E-state index in [9.17, 15) is 4.39 Å². The maximum absolute atomic E-state index is 13.4. The molecule has 0 saturated carbocycles. The molecular weight excluding hydrogens is 179 g/mol. The summed E-state index contributed by atoms with van der Waals surface area (Å²) in [6.45, 7) is 4.30. The van der Waals surface area contributed by atoms with Crippen LogP contribution in [0.3, 0.4) is 0 Å². The monoisotopic (exact) mass is 190 g/mol. The van der Waals surface area contributed by atoms with Gasteiger partial charge in [0, 0.05) is 11.9 Å². The zero-order valence-corrected chi connectivity index (χ0v) is 7.78. The van der Waals surface area contributed by atoms with Crippen molar-refractivity contribution in [2.24, 2.45) is 0 Å². The molecule has 0 radical (unpaired) electrons. The third kappa shape index (κ3) is 1.41. The molecule has 0 atom stereocenters. The molecule has 0 unspecified atom stereocenters. The van der Waals surface area contributed by atoms with Crippen LogP contribution in [0.25, 0.3) is 10.9 Å². The molecule has 0 spiro atoms. The van der Waals surface area contributed by atoms with Gasteiger partial charge in [-0.05, 0) is 12.5 Å². The Morgan fingerprint density at radius 2 is 2.36 bits per heavy atom. The topological polar surface area (TPSA) is 17.8 Å². The number of halogens is 1. The van der Waals surface area contributed by atoms with E-state index in [-0.39, 0.29) is 5.82 Å². The van der Waals surface area contributed by atoms with E-state index in [0.717, 1.165) is 11.8 Å². The van der Waals surface area contributed by atoms with Gasteiger partial charge in [-0.15, -0.1) is 6.58 Å². The number of hydrogen-bond acceptors (Lipinski definition) is 1. The highest BCUT2D eigenvalue weighted by atomic mass is 19.1. The first-order chi connectivity index (χ1) is 6.83. The third-order valence-electron chi connectivity index (χ3n) is 2.16. The summed E-state index contributed by atoms with van der Waals surface area (Å²) in [5.74, 6) is -0.218. The van der Waals surface area contributed by atoms with E-state index in [4.69, 9.17) is 0 Å². The van der Waals surface area contributed by atoms with Crippen LogP contribution < -0.4 is 0 Å². The maximum atomic E-state index is 13.4. The highest BCUT2D eigenvalue weighted by Gasteiger charge is 2.05. The molecule has 0 saturated heterocycles. The van der Waals surface area contributed by atoms with Crippen LogP contribution in [0.2, 0.25) is 0 Å². The molecule has 0 aliphatic rings. The number of rotatable bonds is 3. The highest BCUT2D eigenvalue weighted by Crippen LogP contribution is 2.17. The smallest absolute Gasteiger partial charge is 0.149 e. The van der Waals surface area contributed by atoms with E-state index >= 15 is 0 Å². The minimum Gasteiger partial charge on any atom is -0.262 e. The van der Waals surface area contributed by atoms with Gasteiger partial charge in [0.05, 0.1) is 6.20 Å². The normalized spacial score (nSPS) is 10.6. The Balaban J connectivity index is 2.50. The van der Waals surface area contributed by atoms with Crippen molar-refractivity contribution in [1.29, 1.82) is 0 Å². The lowest BCUT2D eigenvalue weighted by molar-refractivity contribution is 0.598. The van der Waals surface area contributed by atoms with Gasteiger partial charge in [-0.1, -0.05) is 18.2 Å². The Kier molecular flexibility index (Phi) is 2.31. The summed E-state index contributed by atoms with van der Waals surface area (Å²) < 4.78 is 15.1. The SMILES string of the molecule is C=CCCn1ncc2cccc(F)c21. The number of nitrogens with zero attached hydrogens (tertiary/aromatic N) is 2. The molecule has 1 heterocycles. The van der Waals surface area contributed by atoms with Gasteiger partial charge in [-0.25, -0.2) is 4.39 Å². The second kappa shape index (κ2) is 3.62. The van der Waals surface area contributed by atoms with Gasteiger partial charge < -0.3 is 0 Å².